The average molecular weight is 316 g/mol. The molecule has 1 aliphatic heterocycles. The summed E-state index contributed by atoms with van der Waals surface area (Å²) in [5.41, 5.74) is 0.688. The summed E-state index contributed by atoms with van der Waals surface area (Å²) < 4.78 is 10.9. The zero-order valence-electron chi connectivity index (χ0n) is 13.6. The fourth-order valence-electron chi connectivity index (χ4n) is 5.60. The maximum absolute atomic E-state index is 12.8. The Balaban J connectivity index is 1.74. The van der Waals surface area contributed by atoms with Crippen LogP contribution in [-0.4, -0.2) is 11.8 Å². The van der Waals surface area contributed by atoms with Gasteiger partial charge in [0.25, 0.3) is 0 Å². The lowest BCUT2D eigenvalue weighted by Crippen LogP contribution is -2.56. The van der Waals surface area contributed by atoms with E-state index in [2.05, 4.69) is 6.92 Å². The van der Waals surface area contributed by atoms with Crippen LogP contribution in [-0.2, 0) is 14.3 Å². The van der Waals surface area contributed by atoms with Crippen LogP contribution in [0.4, 0.5) is 0 Å². The molecule has 4 nitrogen and oxygen atoms in total. The summed E-state index contributed by atoms with van der Waals surface area (Å²) in [6.45, 7) is 2.14. The van der Waals surface area contributed by atoms with Crippen LogP contribution in [0.15, 0.2) is 23.0 Å². The smallest absolute Gasteiger partial charge is 0.310 e. The van der Waals surface area contributed by atoms with Crippen molar-refractivity contribution >= 4 is 11.8 Å². The molecule has 23 heavy (non-hydrogen) atoms. The first-order chi connectivity index (χ1) is 11.2. The van der Waals surface area contributed by atoms with Crippen molar-refractivity contribution in [3.63, 3.8) is 0 Å². The van der Waals surface area contributed by atoms with Crippen molar-refractivity contribution in [1.29, 1.82) is 0 Å². The molecule has 1 saturated heterocycles. The van der Waals surface area contributed by atoms with E-state index in [1.807, 2.05) is 6.07 Å². The molecule has 1 aromatic heterocycles. The van der Waals surface area contributed by atoms with Gasteiger partial charge in [0.15, 0.2) is 0 Å². The molecule has 2 saturated carbocycles. The highest BCUT2D eigenvalue weighted by molar-refractivity contribution is 5.85. The molecular formula is C19H24O4. The molecule has 0 radical (unpaired) electrons. The molecule has 5 unspecified atom stereocenters. The van der Waals surface area contributed by atoms with Crippen LogP contribution in [0.5, 0.6) is 0 Å². The van der Waals surface area contributed by atoms with Gasteiger partial charge in [-0.15, -0.1) is 0 Å². The highest BCUT2D eigenvalue weighted by atomic mass is 16.5. The van der Waals surface area contributed by atoms with Crippen LogP contribution in [0.1, 0.15) is 63.5 Å². The Hall–Kier alpha value is -1.58. The van der Waals surface area contributed by atoms with Gasteiger partial charge < -0.3 is 9.15 Å². The van der Waals surface area contributed by atoms with Gasteiger partial charge in [-0.25, -0.2) is 0 Å². The minimum absolute atomic E-state index is 0.0438. The zero-order valence-corrected chi connectivity index (χ0v) is 13.6. The molecule has 1 aromatic rings. The Morgan fingerprint density at radius 3 is 2.87 bits per heavy atom. The normalized spacial score (nSPS) is 40.2. The van der Waals surface area contributed by atoms with Crippen LogP contribution in [0.2, 0.25) is 0 Å². The molecule has 4 rings (SSSR count). The maximum Gasteiger partial charge on any atom is 0.310 e. The van der Waals surface area contributed by atoms with Crippen LogP contribution in [0.25, 0.3) is 0 Å². The Morgan fingerprint density at radius 2 is 2.13 bits per heavy atom. The van der Waals surface area contributed by atoms with Gasteiger partial charge in [-0.2, -0.15) is 0 Å². The summed E-state index contributed by atoms with van der Waals surface area (Å²) in [4.78, 5) is 25.5. The second-order valence-electron chi connectivity index (χ2n) is 7.50. The van der Waals surface area contributed by atoms with Gasteiger partial charge in [-0.05, 0) is 55.9 Å². The molecule has 3 aliphatic rings. The van der Waals surface area contributed by atoms with Crippen molar-refractivity contribution in [2.75, 3.05) is 0 Å². The summed E-state index contributed by atoms with van der Waals surface area (Å²) in [7, 11) is 0. The second kappa shape index (κ2) is 5.50. The van der Waals surface area contributed by atoms with Gasteiger partial charge >= 0.3 is 5.97 Å². The number of rotatable bonds is 2. The van der Waals surface area contributed by atoms with E-state index in [1.54, 1.807) is 12.5 Å². The molecule has 2 aliphatic carbocycles. The summed E-state index contributed by atoms with van der Waals surface area (Å²) in [5.74, 6) is 0.666. The fraction of sp³-hybridized carbons (Fsp3) is 0.684. The molecule has 0 N–H and O–H groups in total. The Kier molecular flexibility index (Phi) is 3.58. The summed E-state index contributed by atoms with van der Waals surface area (Å²) in [6.07, 6.45) is 9.32. The number of fused-ring (bicyclic) bond motifs is 3. The molecule has 5 atom stereocenters. The summed E-state index contributed by atoms with van der Waals surface area (Å²) >= 11 is 0. The molecule has 0 spiro atoms. The van der Waals surface area contributed by atoms with E-state index < -0.39 is 0 Å². The van der Waals surface area contributed by atoms with E-state index >= 15 is 0 Å². The lowest BCUT2D eigenvalue weighted by molar-refractivity contribution is -0.191. The number of carbonyl (C=O) groups excluding carboxylic acids is 2. The van der Waals surface area contributed by atoms with Gasteiger partial charge in [0, 0.05) is 17.9 Å². The third-order valence-electron chi connectivity index (χ3n) is 6.64. The van der Waals surface area contributed by atoms with E-state index in [-0.39, 0.29) is 29.3 Å². The fourth-order valence-corrected chi connectivity index (χ4v) is 5.60. The van der Waals surface area contributed by atoms with Gasteiger partial charge in [-0.3, -0.25) is 9.59 Å². The second-order valence-corrected chi connectivity index (χ2v) is 7.50. The molecule has 0 amide bonds. The lowest BCUT2D eigenvalue weighted by atomic mass is 9.49. The predicted molar refractivity (Wildman–Crippen MR) is 83.4 cm³/mol. The molecule has 2 heterocycles. The summed E-state index contributed by atoms with van der Waals surface area (Å²) in [5, 5.41) is 0. The minimum atomic E-state index is -0.272. The van der Waals surface area contributed by atoms with Crippen LogP contribution >= 0.6 is 0 Å². The monoisotopic (exact) mass is 316 g/mol. The number of cyclic esters (lactones) is 1. The topological polar surface area (TPSA) is 56.5 Å². The quantitative estimate of drug-likeness (QED) is 0.772. The minimum Gasteiger partial charge on any atom is -0.472 e. The van der Waals surface area contributed by atoms with E-state index in [0.29, 0.717) is 18.1 Å². The molecule has 124 valence electrons. The first kappa shape index (κ1) is 15.0. The molecule has 4 heteroatoms. The third kappa shape index (κ3) is 2.18. The third-order valence-corrected chi connectivity index (χ3v) is 6.64. The number of ether oxygens (including phenoxy) is 1. The van der Waals surface area contributed by atoms with Crippen molar-refractivity contribution < 1.29 is 18.7 Å². The number of hydrogen-bond acceptors (Lipinski definition) is 4. The van der Waals surface area contributed by atoms with Crippen molar-refractivity contribution in [3.8, 4) is 0 Å². The van der Waals surface area contributed by atoms with Crippen molar-refractivity contribution in [2.45, 2.75) is 58.0 Å². The molecule has 0 bridgehead atoms. The number of Topliss-reactive ketones (excluding diaryl/α,β-unsaturated/α-hetero) is 1. The van der Waals surface area contributed by atoms with E-state index in [9.17, 15) is 9.59 Å². The maximum atomic E-state index is 12.8. The molecular weight excluding hydrogens is 292 g/mol. The van der Waals surface area contributed by atoms with E-state index in [0.717, 1.165) is 44.1 Å². The van der Waals surface area contributed by atoms with E-state index in [4.69, 9.17) is 9.15 Å². The average Bonchev–Trinajstić information content (AvgIpc) is 3.08. The zero-order chi connectivity index (χ0) is 16.0. The highest BCUT2D eigenvalue weighted by Gasteiger charge is 2.59. The largest absolute Gasteiger partial charge is 0.472 e. The van der Waals surface area contributed by atoms with Gasteiger partial charge in [-0.1, -0.05) is 6.92 Å². The van der Waals surface area contributed by atoms with Gasteiger partial charge in [0.05, 0.1) is 18.4 Å². The van der Waals surface area contributed by atoms with Gasteiger partial charge in [0.1, 0.15) is 11.9 Å². The molecule has 3 fully saturated rings. The number of carbonyl (C=O) groups is 2. The first-order valence-electron chi connectivity index (χ1n) is 8.91. The van der Waals surface area contributed by atoms with Gasteiger partial charge in [0.2, 0.25) is 0 Å². The molecule has 0 aromatic carbocycles. The first-order valence-corrected chi connectivity index (χ1v) is 8.91. The predicted octanol–water partition coefficient (Wildman–Crippen LogP) is 4.06. The lowest BCUT2D eigenvalue weighted by Gasteiger charge is -2.55. The van der Waals surface area contributed by atoms with Crippen molar-refractivity contribution in [2.24, 2.45) is 23.2 Å². The number of ketones is 1. The number of hydrogen-bond donors (Lipinski definition) is 0. The highest BCUT2D eigenvalue weighted by Crippen LogP contribution is 2.60. The Labute approximate surface area is 136 Å². The summed E-state index contributed by atoms with van der Waals surface area (Å²) in [6, 6.07) is 1.87. The van der Waals surface area contributed by atoms with E-state index in [1.165, 1.54) is 0 Å². The Morgan fingerprint density at radius 1 is 1.26 bits per heavy atom. The Bertz CT molecular complexity index is 605. The standard InChI is InChI=1S/C19H24O4/c1-2-19-10-16(13-8-9-22-11-13)23-18(21)14(19)7-6-12-4-3-5-15(20)17(12)19/h8-9,11-12,14,16-17H,2-7,10H2,1H3. The number of furan rings is 1. The number of esters is 1. The van der Waals surface area contributed by atoms with Crippen LogP contribution in [0, 0.1) is 23.2 Å². The van der Waals surface area contributed by atoms with Crippen molar-refractivity contribution in [1.82, 2.24) is 0 Å². The SMILES string of the molecule is CCC12CC(c3ccoc3)OC(=O)C1CCC1CCCC(=O)C12. The van der Waals surface area contributed by atoms with Crippen molar-refractivity contribution in [3.05, 3.63) is 24.2 Å². The van der Waals surface area contributed by atoms with Crippen LogP contribution in [0.3, 0.4) is 0 Å². The van der Waals surface area contributed by atoms with Crippen LogP contribution < -0.4 is 0 Å².